The van der Waals surface area contributed by atoms with Crippen molar-refractivity contribution in [2.24, 2.45) is 0 Å². The predicted molar refractivity (Wildman–Crippen MR) is 92.6 cm³/mol. The van der Waals surface area contributed by atoms with E-state index in [1.165, 1.54) is 37.7 Å². The zero-order valence-electron chi connectivity index (χ0n) is 13.5. The third-order valence-electron chi connectivity index (χ3n) is 4.86. The average molecular weight is 326 g/mol. The van der Waals surface area contributed by atoms with Crippen LogP contribution < -0.4 is 14.8 Å². The number of ether oxygens (including phenoxy) is 2. The number of hydrogen-bond donors (Lipinski definition) is 1. The first kappa shape index (κ1) is 17.4. The minimum Gasteiger partial charge on any atom is -0.493 e. The summed E-state index contributed by atoms with van der Waals surface area (Å²) in [5, 5.41) is 3.44. The number of piperidine rings is 1. The summed E-state index contributed by atoms with van der Waals surface area (Å²) in [4.78, 5) is 0. The van der Waals surface area contributed by atoms with Gasteiger partial charge in [-0.1, -0.05) is 32.3 Å². The standard InChI is InChI=1S/C18H27NO2.ClH/c1-2-3-4-5-12-20-15-6-7-16-17(13-15)21-14-18(16)8-10-19-11-9-18;/h6-7,13,19H,2-5,8-12,14H2,1H3;1H. The van der Waals surface area contributed by atoms with Gasteiger partial charge in [0.15, 0.2) is 0 Å². The van der Waals surface area contributed by atoms with Crippen molar-refractivity contribution in [3.63, 3.8) is 0 Å². The predicted octanol–water partition coefficient (Wildman–Crippen LogP) is 4.08. The maximum atomic E-state index is 5.97. The topological polar surface area (TPSA) is 30.5 Å². The lowest BCUT2D eigenvalue weighted by atomic mass is 9.75. The molecule has 1 aromatic carbocycles. The molecule has 2 aliphatic heterocycles. The monoisotopic (exact) mass is 325 g/mol. The van der Waals surface area contributed by atoms with Gasteiger partial charge in [0, 0.05) is 17.0 Å². The molecule has 3 rings (SSSR count). The first-order valence-corrected chi connectivity index (χ1v) is 8.45. The lowest BCUT2D eigenvalue weighted by molar-refractivity contribution is 0.220. The molecule has 1 N–H and O–H groups in total. The van der Waals surface area contributed by atoms with Crippen LogP contribution in [0.5, 0.6) is 11.5 Å². The highest BCUT2D eigenvalue weighted by Gasteiger charge is 2.41. The van der Waals surface area contributed by atoms with Gasteiger partial charge in [-0.3, -0.25) is 0 Å². The summed E-state index contributed by atoms with van der Waals surface area (Å²) in [6.45, 7) is 6.07. The molecule has 1 aromatic rings. The van der Waals surface area contributed by atoms with Crippen LogP contribution in [0.3, 0.4) is 0 Å². The van der Waals surface area contributed by atoms with Crippen LogP contribution in [0.25, 0.3) is 0 Å². The lowest BCUT2D eigenvalue weighted by Crippen LogP contribution is -2.40. The van der Waals surface area contributed by atoms with Gasteiger partial charge in [0.25, 0.3) is 0 Å². The minimum absolute atomic E-state index is 0. The Hall–Kier alpha value is -0.930. The minimum atomic E-state index is 0. The number of hydrogen-bond acceptors (Lipinski definition) is 3. The molecule has 0 atom stereocenters. The summed E-state index contributed by atoms with van der Waals surface area (Å²) in [7, 11) is 0. The first-order valence-electron chi connectivity index (χ1n) is 8.45. The van der Waals surface area contributed by atoms with E-state index in [9.17, 15) is 0 Å². The molecule has 2 heterocycles. The highest BCUT2D eigenvalue weighted by atomic mass is 35.5. The Balaban J connectivity index is 0.00000176. The second kappa shape index (κ2) is 8.07. The van der Waals surface area contributed by atoms with Crippen molar-refractivity contribution in [3.05, 3.63) is 23.8 Å². The van der Waals surface area contributed by atoms with Crippen LogP contribution in [0.1, 0.15) is 51.0 Å². The molecule has 124 valence electrons. The summed E-state index contributed by atoms with van der Waals surface area (Å²) in [5.74, 6) is 2.00. The van der Waals surface area contributed by atoms with Gasteiger partial charge in [0.2, 0.25) is 0 Å². The zero-order valence-corrected chi connectivity index (χ0v) is 14.3. The summed E-state index contributed by atoms with van der Waals surface area (Å²) in [6.07, 6.45) is 7.32. The quantitative estimate of drug-likeness (QED) is 0.799. The van der Waals surface area contributed by atoms with Crippen molar-refractivity contribution in [3.8, 4) is 11.5 Å². The van der Waals surface area contributed by atoms with Gasteiger partial charge in [0.1, 0.15) is 11.5 Å². The summed E-state index contributed by atoms with van der Waals surface area (Å²) in [5.41, 5.74) is 1.64. The molecule has 4 heteroatoms. The molecule has 22 heavy (non-hydrogen) atoms. The van der Waals surface area contributed by atoms with Gasteiger partial charge in [-0.15, -0.1) is 12.4 Å². The van der Waals surface area contributed by atoms with Crippen LogP contribution in [0, 0.1) is 0 Å². The van der Waals surface area contributed by atoms with Gasteiger partial charge < -0.3 is 14.8 Å². The van der Waals surface area contributed by atoms with Gasteiger partial charge in [-0.25, -0.2) is 0 Å². The van der Waals surface area contributed by atoms with Crippen molar-refractivity contribution in [2.75, 3.05) is 26.3 Å². The molecular formula is C18H28ClNO2. The molecule has 0 saturated carbocycles. The first-order chi connectivity index (χ1) is 10.3. The molecule has 0 aliphatic carbocycles. The third kappa shape index (κ3) is 3.69. The Kier molecular flexibility index (Phi) is 6.39. The highest BCUT2D eigenvalue weighted by molar-refractivity contribution is 5.85. The molecule has 0 bridgehead atoms. The number of fused-ring (bicyclic) bond motifs is 2. The van der Waals surface area contributed by atoms with E-state index in [0.717, 1.165) is 44.2 Å². The largest absolute Gasteiger partial charge is 0.493 e. The smallest absolute Gasteiger partial charge is 0.126 e. The van der Waals surface area contributed by atoms with E-state index in [4.69, 9.17) is 9.47 Å². The molecule has 3 nitrogen and oxygen atoms in total. The van der Waals surface area contributed by atoms with Gasteiger partial charge >= 0.3 is 0 Å². The maximum Gasteiger partial charge on any atom is 0.126 e. The molecule has 2 aliphatic rings. The molecule has 0 amide bonds. The average Bonchev–Trinajstić information content (AvgIpc) is 2.86. The number of benzene rings is 1. The SMILES string of the molecule is CCCCCCOc1ccc2c(c1)OCC21CCNCC1.Cl. The van der Waals surface area contributed by atoms with E-state index in [-0.39, 0.29) is 17.8 Å². The Labute approximate surface area is 140 Å². The van der Waals surface area contributed by atoms with Crippen LogP contribution in [-0.4, -0.2) is 26.3 Å². The Bertz CT molecular complexity index is 472. The summed E-state index contributed by atoms with van der Waals surface area (Å²) in [6, 6.07) is 6.44. The Morgan fingerprint density at radius 1 is 1.18 bits per heavy atom. The van der Waals surface area contributed by atoms with Crippen LogP contribution in [-0.2, 0) is 5.41 Å². The fourth-order valence-corrected chi connectivity index (χ4v) is 3.48. The van der Waals surface area contributed by atoms with Crippen molar-refractivity contribution < 1.29 is 9.47 Å². The van der Waals surface area contributed by atoms with Crippen LogP contribution in [0.15, 0.2) is 18.2 Å². The fourth-order valence-electron chi connectivity index (χ4n) is 3.48. The van der Waals surface area contributed by atoms with E-state index in [1.807, 2.05) is 0 Å². The summed E-state index contributed by atoms with van der Waals surface area (Å²) < 4.78 is 11.8. The van der Waals surface area contributed by atoms with E-state index in [0.29, 0.717) is 0 Å². The van der Waals surface area contributed by atoms with Crippen molar-refractivity contribution in [2.45, 2.75) is 50.9 Å². The lowest BCUT2D eigenvalue weighted by Gasteiger charge is -2.32. The van der Waals surface area contributed by atoms with Crippen molar-refractivity contribution in [1.82, 2.24) is 5.32 Å². The molecule has 0 aromatic heterocycles. The number of rotatable bonds is 6. The van der Waals surface area contributed by atoms with Crippen LogP contribution in [0.4, 0.5) is 0 Å². The number of halogens is 1. The van der Waals surface area contributed by atoms with Crippen molar-refractivity contribution >= 4 is 12.4 Å². The van der Waals surface area contributed by atoms with Gasteiger partial charge in [-0.2, -0.15) is 0 Å². The number of nitrogens with one attached hydrogen (secondary N) is 1. The second-order valence-electron chi connectivity index (χ2n) is 6.39. The molecule has 1 saturated heterocycles. The summed E-state index contributed by atoms with van der Waals surface area (Å²) >= 11 is 0. The third-order valence-corrected chi connectivity index (χ3v) is 4.86. The van der Waals surface area contributed by atoms with Crippen molar-refractivity contribution in [1.29, 1.82) is 0 Å². The Morgan fingerprint density at radius 2 is 2.00 bits per heavy atom. The molecule has 0 unspecified atom stereocenters. The second-order valence-corrected chi connectivity index (χ2v) is 6.39. The highest BCUT2D eigenvalue weighted by Crippen LogP contribution is 2.45. The fraction of sp³-hybridized carbons (Fsp3) is 0.667. The van der Waals surface area contributed by atoms with E-state index in [2.05, 4.69) is 30.4 Å². The van der Waals surface area contributed by atoms with E-state index in [1.54, 1.807) is 0 Å². The number of unbranched alkanes of at least 4 members (excludes halogenated alkanes) is 3. The zero-order chi connectivity index (χ0) is 14.5. The van der Waals surface area contributed by atoms with Gasteiger partial charge in [-0.05, 0) is 38.4 Å². The molecular weight excluding hydrogens is 298 g/mol. The molecule has 1 spiro atoms. The van der Waals surface area contributed by atoms with E-state index < -0.39 is 0 Å². The molecule has 0 radical (unpaired) electrons. The Morgan fingerprint density at radius 3 is 2.77 bits per heavy atom. The molecule has 1 fully saturated rings. The normalized spacial score (nSPS) is 18.4. The van der Waals surface area contributed by atoms with Crippen LogP contribution >= 0.6 is 12.4 Å². The van der Waals surface area contributed by atoms with Crippen LogP contribution in [0.2, 0.25) is 0 Å². The van der Waals surface area contributed by atoms with Gasteiger partial charge in [0.05, 0.1) is 13.2 Å². The maximum absolute atomic E-state index is 5.97. The van der Waals surface area contributed by atoms with E-state index >= 15 is 0 Å².